The number of rotatable bonds is 6. The number of amides is 2. The molecule has 2 amide bonds. The Labute approximate surface area is 189 Å². The van der Waals surface area contributed by atoms with Crippen molar-refractivity contribution in [2.75, 3.05) is 42.5 Å². The molecule has 0 spiro atoms. The van der Waals surface area contributed by atoms with Crippen LogP contribution >= 0.6 is 23.2 Å². The Balaban J connectivity index is 1.82. The van der Waals surface area contributed by atoms with Crippen LogP contribution in [0.3, 0.4) is 0 Å². The second-order valence-electron chi connectivity index (χ2n) is 6.25. The number of aromatic nitrogens is 2. The van der Waals surface area contributed by atoms with Crippen molar-refractivity contribution >= 4 is 57.9 Å². The maximum atomic E-state index is 12.8. The van der Waals surface area contributed by atoms with Gasteiger partial charge in [-0.3, -0.25) is 4.90 Å². The van der Waals surface area contributed by atoms with E-state index in [0.717, 1.165) is 0 Å². The van der Waals surface area contributed by atoms with Gasteiger partial charge in [0.1, 0.15) is 33.8 Å². The van der Waals surface area contributed by atoms with Crippen molar-refractivity contribution in [1.82, 2.24) is 9.97 Å². The van der Waals surface area contributed by atoms with Crippen molar-refractivity contribution in [3.8, 4) is 11.5 Å². The summed E-state index contributed by atoms with van der Waals surface area (Å²) < 4.78 is 10.4. The third-order valence-corrected chi connectivity index (χ3v) is 5.05. The quantitative estimate of drug-likeness (QED) is 0.450. The van der Waals surface area contributed by atoms with Crippen molar-refractivity contribution < 1.29 is 14.3 Å². The summed E-state index contributed by atoms with van der Waals surface area (Å²) in [6.07, 6.45) is 1.34. The van der Waals surface area contributed by atoms with Gasteiger partial charge in [0.25, 0.3) is 0 Å². The fourth-order valence-electron chi connectivity index (χ4n) is 2.66. The molecule has 162 valence electrons. The average molecular weight is 463 g/mol. The first-order chi connectivity index (χ1) is 14.8. The van der Waals surface area contributed by atoms with E-state index in [1.165, 1.54) is 31.5 Å². The smallest absolute Gasteiger partial charge is 0.327 e. The van der Waals surface area contributed by atoms with Gasteiger partial charge in [-0.25, -0.2) is 14.8 Å². The highest BCUT2D eigenvalue weighted by atomic mass is 35.5. The Morgan fingerprint density at radius 1 is 1.06 bits per heavy atom. The summed E-state index contributed by atoms with van der Waals surface area (Å²) in [5.74, 6) is 1.30. The predicted molar refractivity (Wildman–Crippen MR) is 123 cm³/mol. The molecule has 4 N–H and O–H groups in total. The summed E-state index contributed by atoms with van der Waals surface area (Å²) in [4.78, 5) is 22.4. The van der Waals surface area contributed by atoms with Crippen LogP contribution in [-0.4, -0.2) is 37.3 Å². The van der Waals surface area contributed by atoms with Crippen molar-refractivity contribution in [2.24, 2.45) is 0 Å². The Morgan fingerprint density at radius 2 is 1.81 bits per heavy atom. The van der Waals surface area contributed by atoms with E-state index in [1.54, 1.807) is 19.2 Å². The number of benzene rings is 2. The maximum Gasteiger partial charge on any atom is 0.327 e. The topological polar surface area (TPSA) is 115 Å². The van der Waals surface area contributed by atoms with Gasteiger partial charge in [-0.1, -0.05) is 35.3 Å². The monoisotopic (exact) mass is 462 g/mol. The molecular formula is C20H20Cl2N6O3. The number of nitrogen functional groups attached to an aromatic ring is 1. The lowest BCUT2D eigenvalue weighted by atomic mass is 10.2. The van der Waals surface area contributed by atoms with Crippen LogP contribution in [0, 0.1) is 0 Å². The number of halogens is 2. The standard InChI is InChI=1S/C20H20Cl2N6O3/c1-28(16-9-15(24-10-25-16)26-12-7-5-4-6-11(12)23)20(29)27-13-8-14(30-2)18(22)19(31-3)17(13)21/h4-10H,23H2,1-3H3,(H,27,29)(H,24,25,26). The number of urea groups is 1. The van der Waals surface area contributed by atoms with E-state index in [4.69, 9.17) is 38.4 Å². The number of para-hydroxylation sites is 2. The van der Waals surface area contributed by atoms with Crippen molar-refractivity contribution in [1.29, 1.82) is 0 Å². The lowest BCUT2D eigenvalue weighted by Crippen LogP contribution is -2.32. The molecule has 0 atom stereocenters. The number of carbonyl (C=O) groups excluding carboxylic acids is 1. The van der Waals surface area contributed by atoms with Crippen molar-refractivity contribution in [3.05, 3.63) is 52.8 Å². The molecule has 0 aliphatic carbocycles. The molecule has 0 saturated carbocycles. The van der Waals surface area contributed by atoms with Gasteiger partial charge in [-0.05, 0) is 12.1 Å². The third kappa shape index (κ3) is 4.84. The van der Waals surface area contributed by atoms with Gasteiger partial charge in [0, 0.05) is 19.2 Å². The van der Waals surface area contributed by atoms with E-state index in [1.807, 2.05) is 18.2 Å². The van der Waals surface area contributed by atoms with E-state index < -0.39 is 6.03 Å². The molecule has 1 aromatic heterocycles. The van der Waals surface area contributed by atoms with Crippen LogP contribution in [0.5, 0.6) is 11.5 Å². The molecule has 2 aromatic carbocycles. The summed E-state index contributed by atoms with van der Waals surface area (Å²) >= 11 is 12.5. The zero-order valence-electron chi connectivity index (χ0n) is 16.9. The third-order valence-electron chi connectivity index (χ3n) is 4.32. The highest BCUT2D eigenvalue weighted by Gasteiger charge is 2.21. The molecule has 9 nitrogen and oxygen atoms in total. The Kier molecular flexibility index (Phi) is 6.88. The van der Waals surface area contributed by atoms with Gasteiger partial charge >= 0.3 is 6.03 Å². The van der Waals surface area contributed by atoms with E-state index in [0.29, 0.717) is 28.8 Å². The van der Waals surface area contributed by atoms with Crippen LogP contribution < -0.4 is 30.7 Å². The van der Waals surface area contributed by atoms with Gasteiger partial charge in [-0.15, -0.1) is 0 Å². The molecule has 3 rings (SSSR count). The first-order valence-electron chi connectivity index (χ1n) is 8.94. The molecule has 0 radical (unpaired) electrons. The molecule has 1 heterocycles. The first-order valence-corrected chi connectivity index (χ1v) is 9.69. The Bertz CT molecular complexity index is 1110. The molecule has 11 heteroatoms. The lowest BCUT2D eigenvalue weighted by Gasteiger charge is -2.20. The normalized spacial score (nSPS) is 10.4. The Hall–Kier alpha value is -3.43. The van der Waals surface area contributed by atoms with Crippen molar-refractivity contribution in [3.63, 3.8) is 0 Å². The second-order valence-corrected chi connectivity index (χ2v) is 7.01. The minimum atomic E-state index is -0.503. The van der Waals surface area contributed by atoms with Crippen LogP contribution in [0.2, 0.25) is 10.0 Å². The molecule has 0 saturated heterocycles. The molecule has 31 heavy (non-hydrogen) atoms. The summed E-state index contributed by atoms with van der Waals surface area (Å²) in [7, 11) is 4.41. The van der Waals surface area contributed by atoms with Crippen LogP contribution in [-0.2, 0) is 0 Å². The Morgan fingerprint density at radius 3 is 2.48 bits per heavy atom. The SMILES string of the molecule is COc1cc(NC(=O)N(C)c2cc(Nc3ccccc3N)ncn2)c(Cl)c(OC)c1Cl. The fraction of sp³-hybridized carbons (Fsp3) is 0.150. The minimum absolute atomic E-state index is 0.139. The first kappa shape index (κ1) is 22.3. The number of nitrogens with zero attached hydrogens (tertiary/aromatic N) is 3. The van der Waals surface area contributed by atoms with Crippen LogP contribution in [0.4, 0.5) is 33.5 Å². The summed E-state index contributed by atoms with van der Waals surface area (Å²) in [5.41, 5.74) is 7.46. The molecule has 0 bridgehead atoms. The zero-order valence-corrected chi connectivity index (χ0v) is 18.5. The highest BCUT2D eigenvalue weighted by molar-refractivity contribution is 6.40. The van der Waals surface area contributed by atoms with Crippen LogP contribution in [0.25, 0.3) is 0 Å². The second kappa shape index (κ2) is 9.59. The molecule has 0 aliphatic rings. The number of hydrogen-bond acceptors (Lipinski definition) is 7. The average Bonchev–Trinajstić information content (AvgIpc) is 2.77. The van der Waals surface area contributed by atoms with Gasteiger partial charge in [-0.2, -0.15) is 0 Å². The number of hydrogen-bond donors (Lipinski definition) is 3. The zero-order chi connectivity index (χ0) is 22.5. The summed E-state index contributed by atoms with van der Waals surface area (Å²) in [5, 5.41) is 6.14. The van der Waals surface area contributed by atoms with Gasteiger partial charge in [0.15, 0.2) is 5.75 Å². The molecule has 0 aliphatic heterocycles. The van der Waals surface area contributed by atoms with E-state index >= 15 is 0 Å². The van der Waals surface area contributed by atoms with E-state index in [-0.39, 0.29) is 21.5 Å². The highest BCUT2D eigenvalue weighted by Crippen LogP contribution is 2.44. The fourth-order valence-corrected chi connectivity index (χ4v) is 3.28. The van der Waals surface area contributed by atoms with Crippen LogP contribution in [0.15, 0.2) is 42.7 Å². The predicted octanol–water partition coefficient (Wildman–Crippen LogP) is 4.79. The lowest BCUT2D eigenvalue weighted by molar-refractivity contribution is 0.258. The van der Waals surface area contributed by atoms with E-state index in [9.17, 15) is 4.79 Å². The summed E-state index contributed by atoms with van der Waals surface area (Å²) in [6.45, 7) is 0. The molecular weight excluding hydrogens is 443 g/mol. The van der Waals surface area contributed by atoms with Gasteiger partial charge < -0.3 is 25.8 Å². The number of carbonyl (C=O) groups is 1. The minimum Gasteiger partial charge on any atom is -0.495 e. The largest absolute Gasteiger partial charge is 0.495 e. The molecule has 3 aromatic rings. The number of methoxy groups -OCH3 is 2. The molecule has 0 fully saturated rings. The van der Waals surface area contributed by atoms with Gasteiger partial charge in [0.05, 0.1) is 31.3 Å². The number of ether oxygens (including phenoxy) is 2. The van der Waals surface area contributed by atoms with E-state index in [2.05, 4.69) is 20.6 Å². The van der Waals surface area contributed by atoms with Crippen molar-refractivity contribution in [2.45, 2.75) is 0 Å². The molecule has 0 unspecified atom stereocenters. The number of nitrogens with one attached hydrogen (secondary N) is 2. The maximum absolute atomic E-state index is 12.8. The number of anilines is 5. The summed E-state index contributed by atoms with van der Waals surface area (Å²) in [6, 6.07) is 9.87. The van der Waals surface area contributed by atoms with Gasteiger partial charge in [0.2, 0.25) is 0 Å². The van der Waals surface area contributed by atoms with Crippen LogP contribution in [0.1, 0.15) is 0 Å². The number of nitrogens with two attached hydrogens (primary N) is 1.